The molecule has 0 bridgehead atoms. The van der Waals surface area contributed by atoms with Crippen LogP contribution in [-0.2, 0) is 37.4 Å². The zero-order valence-electron chi connectivity index (χ0n) is 37.6. The van der Waals surface area contributed by atoms with Gasteiger partial charge in [-0.2, -0.15) is 0 Å². The normalized spacial score (nSPS) is 18.1. The molecule has 2 aromatic heterocycles. The van der Waals surface area contributed by atoms with Gasteiger partial charge in [0.15, 0.2) is 23.8 Å². The Balaban J connectivity index is 1.37. The first-order chi connectivity index (χ1) is 29.6. The Morgan fingerprint density at radius 3 is 1.75 bits per heavy atom. The Hall–Kier alpha value is -2.68. The third-order valence-corrected chi connectivity index (χ3v) is 12.3. The molecule has 3 heterocycles. The number of hydrogen-bond donors (Lipinski definition) is 3. The van der Waals surface area contributed by atoms with E-state index in [4.69, 9.17) is 29.0 Å². The number of ether oxygens (including phenoxy) is 3. The van der Waals surface area contributed by atoms with Crippen molar-refractivity contribution >= 4 is 36.7 Å². The minimum Gasteiger partial charge on any atom is -0.462 e. The van der Waals surface area contributed by atoms with Crippen LogP contribution < -0.4 is 5.73 Å². The summed E-state index contributed by atoms with van der Waals surface area (Å²) >= 11 is 0. The van der Waals surface area contributed by atoms with Crippen LogP contribution in [0.3, 0.4) is 0 Å². The van der Waals surface area contributed by atoms with Gasteiger partial charge in [0.2, 0.25) is 0 Å². The van der Waals surface area contributed by atoms with E-state index in [-0.39, 0.29) is 38.3 Å². The number of phosphoric acid groups is 1. The molecule has 15 nitrogen and oxygen atoms in total. The van der Waals surface area contributed by atoms with E-state index in [0.717, 1.165) is 38.5 Å². The lowest BCUT2D eigenvalue weighted by atomic mass is 10.0. The molecule has 3 rings (SSSR count). The Kier molecular flexibility index (Phi) is 27.7. The molecular formula is C45H80N5O10P. The van der Waals surface area contributed by atoms with Gasteiger partial charge in [0.05, 0.1) is 25.6 Å². The highest BCUT2D eigenvalue weighted by Crippen LogP contribution is 2.44. The average molecular weight is 882 g/mol. The summed E-state index contributed by atoms with van der Waals surface area (Å²) in [7, 11) is -4.68. The summed E-state index contributed by atoms with van der Waals surface area (Å²) in [5.74, 6) is -0.727. The second kappa shape index (κ2) is 32.0. The number of hydrogen-bond acceptors (Lipinski definition) is 13. The summed E-state index contributed by atoms with van der Waals surface area (Å²) in [5, 5.41) is 10.7. The van der Waals surface area contributed by atoms with Crippen LogP contribution in [-0.4, -0.2) is 79.6 Å². The molecular weight excluding hydrogens is 801 g/mol. The lowest BCUT2D eigenvalue weighted by Crippen LogP contribution is -2.29. The molecule has 4 N–H and O–H groups in total. The van der Waals surface area contributed by atoms with Crippen molar-refractivity contribution in [3.8, 4) is 0 Å². The first-order valence-electron chi connectivity index (χ1n) is 23.9. The molecule has 0 radical (unpaired) electrons. The number of rotatable bonds is 38. The maximum absolute atomic E-state index is 13.0. The van der Waals surface area contributed by atoms with Gasteiger partial charge in [-0.15, -0.1) is 0 Å². The van der Waals surface area contributed by atoms with E-state index in [1.165, 1.54) is 133 Å². The number of aromatic nitrogens is 4. The Morgan fingerprint density at radius 1 is 0.738 bits per heavy atom. The summed E-state index contributed by atoms with van der Waals surface area (Å²) in [5.41, 5.74) is 6.61. The highest BCUT2D eigenvalue weighted by atomic mass is 31.2. The molecule has 1 aliphatic rings. The zero-order valence-corrected chi connectivity index (χ0v) is 38.5. The van der Waals surface area contributed by atoms with Crippen LogP contribution in [0.2, 0.25) is 0 Å². The molecule has 2 aromatic rings. The Labute approximate surface area is 365 Å². The molecule has 1 saturated heterocycles. The minimum atomic E-state index is -4.68. The van der Waals surface area contributed by atoms with Crippen LogP contribution in [0, 0.1) is 0 Å². The molecule has 0 amide bonds. The molecule has 5 atom stereocenters. The monoisotopic (exact) mass is 882 g/mol. The smallest absolute Gasteiger partial charge is 0.462 e. The number of carbonyl (C=O) groups is 2. The maximum Gasteiger partial charge on any atom is 0.472 e. The first-order valence-corrected chi connectivity index (χ1v) is 25.4. The van der Waals surface area contributed by atoms with Crippen LogP contribution in [0.25, 0.3) is 11.2 Å². The molecule has 350 valence electrons. The van der Waals surface area contributed by atoms with Crippen molar-refractivity contribution in [2.45, 2.75) is 225 Å². The Bertz CT molecular complexity index is 1520. The summed E-state index contributed by atoms with van der Waals surface area (Å²) in [6, 6.07) is 0. The van der Waals surface area contributed by atoms with E-state index >= 15 is 0 Å². The van der Waals surface area contributed by atoms with E-state index in [2.05, 4.69) is 28.8 Å². The molecule has 1 unspecified atom stereocenters. The van der Waals surface area contributed by atoms with Gasteiger partial charge >= 0.3 is 19.8 Å². The number of imidazole rings is 1. The number of nitrogens with two attached hydrogens (primary N) is 1. The number of anilines is 1. The molecule has 0 aliphatic carbocycles. The lowest BCUT2D eigenvalue weighted by molar-refractivity contribution is -0.161. The highest BCUT2D eigenvalue weighted by Gasteiger charge is 2.38. The van der Waals surface area contributed by atoms with E-state index in [1.54, 1.807) is 0 Å². The number of aliphatic hydroxyl groups excluding tert-OH is 1. The van der Waals surface area contributed by atoms with Gasteiger partial charge in [0.25, 0.3) is 0 Å². The fourth-order valence-corrected chi connectivity index (χ4v) is 8.51. The number of nitrogen functional groups attached to an aromatic ring is 1. The molecule has 0 saturated carbocycles. The average Bonchev–Trinajstić information content (AvgIpc) is 3.85. The van der Waals surface area contributed by atoms with Gasteiger partial charge in [0.1, 0.15) is 24.6 Å². The van der Waals surface area contributed by atoms with Crippen molar-refractivity contribution in [1.29, 1.82) is 0 Å². The predicted molar refractivity (Wildman–Crippen MR) is 237 cm³/mol. The third kappa shape index (κ3) is 23.0. The SMILES string of the molecule is CCCCCCCCCCCCCCCC(=O)OC[C@H](COP(=O)(O)OC[C@@H]1C[C@@H](O)[C@H](n2cnc3c(N)ncnc32)O1)OC(=O)CCCCCCCCCCCCCCC. The van der Waals surface area contributed by atoms with E-state index in [9.17, 15) is 24.2 Å². The van der Waals surface area contributed by atoms with Gasteiger partial charge in [0, 0.05) is 19.3 Å². The van der Waals surface area contributed by atoms with Gasteiger partial charge in [-0.25, -0.2) is 19.5 Å². The van der Waals surface area contributed by atoms with E-state index < -0.39 is 50.9 Å². The second-order valence-corrected chi connectivity index (χ2v) is 18.3. The van der Waals surface area contributed by atoms with Crippen molar-refractivity contribution in [3.05, 3.63) is 12.7 Å². The summed E-state index contributed by atoms with van der Waals surface area (Å²) in [6.07, 6.45) is 30.5. The molecule has 16 heteroatoms. The quantitative estimate of drug-likeness (QED) is 0.0326. The van der Waals surface area contributed by atoms with Crippen LogP contribution in [0.1, 0.15) is 206 Å². The molecule has 1 fully saturated rings. The molecule has 1 aliphatic heterocycles. The van der Waals surface area contributed by atoms with Crippen molar-refractivity contribution in [1.82, 2.24) is 19.5 Å². The number of fused-ring (bicyclic) bond motifs is 1. The summed E-state index contributed by atoms with van der Waals surface area (Å²) < 4.78 is 41.9. The standard InChI is InChI=1S/C45H80N5O10P/c1-3-5-7-9-11-13-15-17-19-21-23-25-27-29-40(52)56-32-38(59-41(53)30-28-26-24-22-20-18-16-14-12-10-8-6-4-2)34-58-61(54,55)57-33-37-31-39(51)45(60-37)50-36-49-42-43(46)47-35-48-44(42)50/h35-39,45,51H,3-34H2,1-2H3,(H,54,55)(H2,46,47,48)/t37-,38+,39+,45+/m0/s1. The first kappa shape index (κ1) is 52.7. The van der Waals surface area contributed by atoms with Gasteiger partial charge in [-0.3, -0.25) is 23.2 Å². The highest BCUT2D eigenvalue weighted by molar-refractivity contribution is 7.47. The number of nitrogens with zero attached hydrogens (tertiary/aromatic N) is 4. The molecule has 0 aromatic carbocycles. The second-order valence-electron chi connectivity index (χ2n) is 16.9. The van der Waals surface area contributed by atoms with E-state index in [1.807, 2.05) is 0 Å². The molecule has 61 heavy (non-hydrogen) atoms. The van der Waals surface area contributed by atoms with Crippen LogP contribution in [0.5, 0.6) is 0 Å². The lowest BCUT2D eigenvalue weighted by Gasteiger charge is -2.21. The van der Waals surface area contributed by atoms with Crippen LogP contribution >= 0.6 is 7.82 Å². The van der Waals surface area contributed by atoms with Crippen molar-refractivity contribution < 1.29 is 47.4 Å². The van der Waals surface area contributed by atoms with Crippen LogP contribution in [0.15, 0.2) is 12.7 Å². The fourth-order valence-electron chi connectivity index (χ4n) is 7.73. The minimum absolute atomic E-state index is 0.0968. The fraction of sp³-hybridized carbons (Fsp3) is 0.844. The van der Waals surface area contributed by atoms with Crippen molar-refractivity contribution in [3.63, 3.8) is 0 Å². The summed E-state index contributed by atoms with van der Waals surface area (Å²) in [4.78, 5) is 48.3. The number of carbonyl (C=O) groups excluding carboxylic acids is 2. The number of phosphoric ester groups is 1. The topological polar surface area (TPSA) is 207 Å². The zero-order chi connectivity index (χ0) is 44.0. The van der Waals surface area contributed by atoms with Crippen molar-refractivity contribution in [2.24, 2.45) is 0 Å². The Morgan fingerprint density at radius 2 is 1.23 bits per heavy atom. The predicted octanol–water partition coefficient (Wildman–Crippen LogP) is 10.6. The summed E-state index contributed by atoms with van der Waals surface area (Å²) in [6.45, 7) is 3.27. The number of unbranched alkanes of at least 4 members (excludes halogenated alkanes) is 24. The number of esters is 2. The van der Waals surface area contributed by atoms with E-state index in [0.29, 0.717) is 24.0 Å². The van der Waals surface area contributed by atoms with Gasteiger partial charge in [-0.1, -0.05) is 168 Å². The van der Waals surface area contributed by atoms with Gasteiger partial charge < -0.3 is 29.9 Å². The molecule has 0 spiro atoms. The number of aliphatic hydroxyl groups is 1. The maximum atomic E-state index is 13.0. The van der Waals surface area contributed by atoms with Gasteiger partial charge in [-0.05, 0) is 12.8 Å². The van der Waals surface area contributed by atoms with Crippen LogP contribution in [0.4, 0.5) is 5.82 Å². The van der Waals surface area contributed by atoms with Crippen molar-refractivity contribution in [2.75, 3.05) is 25.6 Å². The third-order valence-electron chi connectivity index (χ3n) is 11.4. The largest absolute Gasteiger partial charge is 0.472 e.